The van der Waals surface area contributed by atoms with E-state index in [0.29, 0.717) is 37.8 Å². The Morgan fingerprint density at radius 1 is 1.21 bits per heavy atom. The lowest BCUT2D eigenvalue weighted by Gasteiger charge is -2.28. The molecule has 0 aliphatic carbocycles. The Kier molecular flexibility index (Phi) is 6.82. The maximum Gasteiger partial charge on any atom is 0.244 e. The molecule has 34 heavy (non-hydrogen) atoms. The van der Waals surface area contributed by atoms with E-state index in [1.165, 1.54) is 6.08 Å². The number of nitrogens with zero attached hydrogens (tertiary/aromatic N) is 5. The molecule has 4 heterocycles. The molecule has 1 aromatic carbocycles. The van der Waals surface area contributed by atoms with E-state index in [1.807, 2.05) is 29.1 Å². The van der Waals surface area contributed by atoms with Gasteiger partial charge >= 0.3 is 0 Å². The van der Waals surface area contributed by atoms with Crippen LogP contribution in [0.3, 0.4) is 0 Å². The number of hydrogen-bond acceptors (Lipinski definition) is 9. The molecule has 0 atom stereocenters. The normalized spacial score (nSPS) is 15.4. The number of carbonyl (C=O) groups is 1. The molecule has 0 spiro atoms. The van der Waals surface area contributed by atoms with E-state index in [9.17, 15) is 4.79 Å². The van der Waals surface area contributed by atoms with Crippen LogP contribution in [-0.2, 0) is 16.1 Å². The van der Waals surface area contributed by atoms with Crippen molar-refractivity contribution < 1.29 is 19.0 Å². The van der Waals surface area contributed by atoms with Crippen molar-refractivity contribution in [2.24, 2.45) is 0 Å². The highest BCUT2D eigenvalue weighted by Crippen LogP contribution is 2.32. The molecule has 0 radical (unpaired) electrons. The first-order chi connectivity index (χ1) is 16.7. The highest BCUT2D eigenvalue weighted by Gasteiger charge is 2.20. The average molecular weight is 483 g/mol. The standard InChI is InChI=1S/C23H26N6O4S/c1-2-34-23-26-21(28-9-11-31-12-10-28)17-14-25-29(22(17)27-23)8-7-24-20(30)6-4-16-3-5-18-19(13-16)33-15-32-18/h3-6,13-14H,2,7-12,15H2,1H3,(H,24,30)/b6-4-. The molecule has 10 nitrogen and oxygen atoms in total. The van der Waals surface area contributed by atoms with Crippen molar-refractivity contribution in [3.05, 3.63) is 36.0 Å². The van der Waals surface area contributed by atoms with Crippen molar-refractivity contribution in [3.63, 3.8) is 0 Å². The van der Waals surface area contributed by atoms with Crippen LogP contribution in [0.1, 0.15) is 12.5 Å². The van der Waals surface area contributed by atoms with Crippen molar-refractivity contribution in [2.75, 3.05) is 50.3 Å². The Bertz CT molecular complexity index is 1210. The van der Waals surface area contributed by atoms with Gasteiger partial charge in [0.25, 0.3) is 0 Å². The zero-order chi connectivity index (χ0) is 23.3. The smallest absolute Gasteiger partial charge is 0.244 e. The maximum atomic E-state index is 12.3. The minimum absolute atomic E-state index is 0.181. The Morgan fingerprint density at radius 3 is 2.91 bits per heavy atom. The summed E-state index contributed by atoms with van der Waals surface area (Å²) in [6.07, 6.45) is 5.06. The van der Waals surface area contributed by atoms with E-state index in [1.54, 1.807) is 17.8 Å². The van der Waals surface area contributed by atoms with Crippen molar-refractivity contribution in [1.29, 1.82) is 0 Å². The number of fused-ring (bicyclic) bond motifs is 2. The summed E-state index contributed by atoms with van der Waals surface area (Å²) in [6.45, 7) is 6.18. The Balaban J connectivity index is 1.24. The first-order valence-corrected chi connectivity index (χ1v) is 12.2. The molecule has 178 valence electrons. The van der Waals surface area contributed by atoms with E-state index >= 15 is 0 Å². The third kappa shape index (κ3) is 4.95. The van der Waals surface area contributed by atoms with Gasteiger partial charge < -0.3 is 24.4 Å². The number of benzene rings is 1. The maximum absolute atomic E-state index is 12.3. The Morgan fingerprint density at radius 2 is 2.06 bits per heavy atom. The average Bonchev–Trinajstić information content (AvgIpc) is 3.50. The fourth-order valence-corrected chi connectivity index (χ4v) is 4.39. The van der Waals surface area contributed by atoms with Gasteiger partial charge in [0.1, 0.15) is 5.82 Å². The molecule has 0 saturated carbocycles. The number of aromatic nitrogens is 4. The highest BCUT2D eigenvalue weighted by molar-refractivity contribution is 7.99. The molecule has 2 aliphatic heterocycles. The van der Waals surface area contributed by atoms with Crippen LogP contribution in [0.25, 0.3) is 17.1 Å². The van der Waals surface area contributed by atoms with Gasteiger partial charge in [-0.1, -0.05) is 24.8 Å². The molecule has 2 aromatic heterocycles. The summed E-state index contributed by atoms with van der Waals surface area (Å²) in [6, 6.07) is 5.56. The van der Waals surface area contributed by atoms with Crippen molar-refractivity contribution >= 4 is 40.6 Å². The monoisotopic (exact) mass is 482 g/mol. The molecule has 0 bridgehead atoms. The number of morpholine rings is 1. The van der Waals surface area contributed by atoms with E-state index in [4.69, 9.17) is 24.2 Å². The van der Waals surface area contributed by atoms with E-state index < -0.39 is 0 Å². The van der Waals surface area contributed by atoms with Gasteiger partial charge in [-0.3, -0.25) is 4.79 Å². The molecule has 11 heteroatoms. The minimum Gasteiger partial charge on any atom is -0.454 e. The lowest BCUT2D eigenvalue weighted by Crippen LogP contribution is -2.37. The largest absolute Gasteiger partial charge is 0.454 e. The van der Waals surface area contributed by atoms with Gasteiger partial charge in [0, 0.05) is 25.7 Å². The summed E-state index contributed by atoms with van der Waals surface area (Å²) in [5, 5.41) is 9.08. The molecule has 3 aromatic rings. The van der Waals surface area contributed by atoms with E-state index in [2.05, 4.69) is 22.2 Å². The van der Waals surface area contributed by atoms with Crippen LogP contribution in [0, 0.1) is 0 Å². The summed E-state index contributed by atoms with van der Waals surface area (Å²) in [4.78, 5) is 24.0. The number of ether oxygens (including phenoxy) is 3. The van der Waals surface area contributed by atoms with Crippen LogP contribution in [0.4, 0.5) is 5.82 Å². The lowest BCUT2D eigenvalue weighted by molar-refractivity contribution is -0.116. The molecule has 1 amide bonds. The highest BCUT2D eigenvalue weighted by atomic mass is 32.2. The quantitative estimate of drug-likeness (QED) is 0.294. The van der Waals surface area contributed by atoms with Gasteiger partial charge in [0.05, 0.1) is 31.3 Å². The molecular formula is C23H26N6O4S. The minimum atomic E-state index is -0.181. The van der Waals surface area contributed by atoms with Crippen LogP contribution in [0.15, 0.2) is 35.6 Å². The summed E-state index contributed by atoms with van der Waals surface area (Å²) >= 11 is 1.60. The van der Waals surface area contributed by atoms with Crippen molar-refractivity contribution in [1.82, 2.24) is 25.1 Å². The van der Waals surface area contributed by atoms with Crippen molar-refractivity contribution in [2.45, 2.75) is 18.6 Å². The SMILES string of the molecule is CCSc1nc(N2CCOCC2)c2cnn(CCNC(=O)/C=C\c3ccc4c(c3)OCO4)c2n1. The fourth-order valence-electron chi connectivity index (χ4n) is 3.83. The third-order valence-corrected chi connectivity index (χ3v) is 6.22. The summed E-state index contributed by atoms with van der Waals surface area (Å²) in [5.41, 5.74) is 1.64. The number of carbonyl (C=O) groups excluding carboxylic acids is 1. The second kappa shape index (κ2) is 10.3. The number of thioether (sulfide) groups is 1. The number of hydrogen-bond donors (Lipinski definition) is 1. The zero-order valence-corrected chi connectivity index (χ0v) is 19.7. The lowest BCUT2D eigenvalue weighted by atomic mass is 10.2. The summed E-state index contributed by atoms with van der Waals surface area (Å²) in [7, 11) is 0. The summed E-state index contributed by atoms with van der Waals surface area (Å²) < 4.78 is 18.0. The molecule has 5 rings (SSSR count). The van der Waals surface area contributed by atoms with Gasteiger partial charge in [-0.25, -0.2) is 14.6 Å². The van der Waals surface area contributed by atoms with Gasteiger partial charge in [-0.2, -0.15) is 5.10 Å². The molecule has 1 fully saturated rings. The first kappa shape index (κ1) is 22.5. The van der Waals surface area contributed by atoms with Crippen molar-refractivity contribution in [3.8, 4) is 11.5 Å². The number of amides is 1. The second-order valence-electron chi connectivity index (χ2n) is 7.70. The Labute approximate surface area is 201 Å². The second-order valence-corrected chi connectivity index (χ2v) is 8.94. The predicted molar refractivity (Wildman–Crippen MR) is 129 cm³/mol. The zero-order valence-electron chi connectivity index (χ0n) is 18.9. The first-order valence-electron chi connectivity index (χ1n) is 11.3. The van der Waals surface area contributed by atoms with Crippen LogP contribution < -0.4 is 19.7 Å². The number of anilines is 1. The molecule has 0 unspecified atom stereocenters. The van der Waals surface area contributed by atoms with Gasteiger partial charge in [-0.05, 0) is 29.5 Å². The number of nitrogens with one attached hydrogen (secondary N) is 1. The topological polar surface area (TPSA) is 104 Å². The predicted octanol–water partition coefficient (Wildman–Crippen LogP) is 2.33. The van der Waals surface area contributed by atoms with Crippen LogP contribution in [0.2, 0.25) is 0 Å². The van der Waals surface area contributed by atoms with Crippen LogP contribution in [0.5, 0.6) is 11.5 Å². The fraction of sp³-hybridized carbons (Fsp3) is 0.391. The molecule has 1 saturated heterocycles. The van der Waals surface area contributed by atoms with Gasteiger partial charge in [-0.15, -0.1) is 0 Å². The van der Waals surface area contributed by atoms with E-state index in [0.717, 1.165) is 46.4 Å². The number of rotatable bonds is 8. The summed E-state index contributed by atoms with van der Waals surface area (Å²) in [5.74, 6) is 3.00. The van der Waals surface area contributed by atoms with Crippen LogP contribution in [-0.4, -0.2) is 71.0 Å². The third-order valence-electron chi connectivity index (χ3n) is 5.49. The molecule has 1 N–H and O–H groups in total. The van der Waals surface area contributed by atoms with Gasteiger partial charge in [0.15, 0.2) is 22.3 Å². The molecule has 2 aliphatic rings. The van der Waals surface area contributed by atoms with Crippen LogP contribution >= 0.6 is 11.8 Å². The van der Waals surface area contributed by atoms with Gasteiger partial charge in [0.2, 0.25) is 12.7 Å². The Hall–Kier alpha value is -3.31. The van der Waals surface area contributed by atoms with E-state index in [-0.39, 0.29) is 12.7 Å². The molecular weight excluding hydrogens is 456 g/mol.